The molecule has 1 aliphatic heterocycles. The second kappa shape index (κ2) is 7.12. The van der Waals surface area contributed by atoms with Crippen molar-refractivity contribution in [1.29, 1.82) is 0 Å². The summed E-state index contributed by atoms with van der Waals surface area (Å²) in [4.78, 5) is 24.3. The molecule has 2 aromatic heterocycles. The molecule has 0 spiro atoms. The highest BCUT2D eigenvalue weighted by Gasteiger charge is 2.22. The van der Waals surface area contributed by atoms with Crippen LogP contribution in [0.5, 0.6) is 0 Å². The van der Waals surface area contributed by atoms with Crippen LogP contribution >= 0.6 is 11.8 Å². The minimum Gasteiger partial charge on any atom is -0.393 e. The highest BCUT2D eigenvalue weighted by Crippen LogP contribution is 2.22. The van der Waals surface area contributed by atoms with Gasteiger partial charge in [-0.2, -0.15) is 4.98 Å². The van der Waals surface area contributed by atoms with Crippen LogP contribution in [0.2, 0.25) is 0 Å². The van der Waals surface area contributed by atoms with Crippen molar-refractivity contribution in [2.75, 3.05) is 36.8 Å². The summed E-state index contributed by atoms with van der Waals surface area (Å²) in [5.74, 6) is 1.31. The molecule has 24 heavy (non-hydrogen) atoms. The molecule has 2 N–H and O–H groups in total. The molecular weight excluding hydrogens is 328 g/mol. The summed E-state index contributed by atoms with van der Waals surface area (Å²) in [7, 11) is 1.72. The summed E-state index contributed by atoms with van der Waals surface area (Å²) in [5.41, 5.74) is 0.945. The molecule has 1 aliphatic rings. The molecule has 8 nitrogen and oxygen atoms in total. The third-order valence-corrected chi connectivity index (χ3v) is 5.37. The van der Waals surface area contributed by atoms with Crippen molar-refractivity contribution >= 4 is 28.9 Å². The Balaban J connectivity index is 2.09. The molecule has 132 valence electrons. The Kier molecular flexibility index (Phi) is 5.12. The second-order valence-corrected chi connectivity index (χ2v) is 6.97. The minimum atomic E-state index is -0.452. The fourth-order valence-electron chi connectivity index (χ4n) is 2.86. The van der Waals surface area contributed by atoms with E-state index >= 15 is 0 Å². The van der Waals surface area contributed by atoms with Gasteiger partial charge in [0.05, 0.1) is 6.10 Å². The summed E-state index contributed by atoms with van der Waals surface area (Å²) in [6.07, 6.45) is -0.452. The Morgan fingerprint density at radius 2 is 2.04 bits per heavy atom. The van der Waals surface area contributed by atoms with Crippen LogP contribution < -0.4 is 15.8 Å². The zero-order valence-electron chi connectivity index (χ0n) is 14.3. The number of aliphatic hydroxyl groups is 1. The summed E-state index contributed by atoms with van der Waals surface area (Å²) >= 11 is 1.37. The van der Waals surface area contributed by atoms with Crippen LogP contribution in [0.3, 0.4) is 0 Å². The molecule has 1 unspecified atom stereocenters. The van der Waals surface area contributed by atoms with Gasteiger partial charge in [-0.05, 0) is 13.8 Å². The number of thioether (sulfide) groups is 1. The minimum absolute atomic E-state index is 0.0937. The van der Waals surface area contributed by atoms with Crippen LogP contribution in [-0.4, -0.2) is 62.2 Å². The lowest BCUT2D eigenvalue weighted by atomic mass is 10.4. The quantitative estimate of drug-likeness (QED) is 0.580. The van der Waals surface area contributed by atoms with Gasteiger partial charge in [-0.25, -0.2) is 4.98 Å². The summed E-state index contributed by atoms with van der Waals surface area (Å²) in [5, 5.41) is 13.4. The van der Waals surface area contributed by atoms with Gasteiger partial charge in [0.25, 0.3) is 5.56 Å². The van der Waals surface area contributed by atoms with Gasteiger partial charge < -0.3 is 19.9 Å². The Morgan fingerprint density at radius 1 is 1.33 bits per heavy atom. The van der Waals surface area contributed by atoms with Gasteiger partial charge in [0.2, 0.25) is 5.95 Å². The smallest absolute Gasteiger partial charge is 0.280 e. The average molecular weight is 352 g/mol. The molecule has 0 radical (unpaired) electrons. The zero-order valence-corrected chi connectivity index (χ0v) is 15.1. The monoisotopic (exact) mass is 352 g/mol. The maximum absolute atomic E-state index is 12.8. The third-order valence-electron chi connectivity index (χ3n) is 4.09. The van der Waals surface area contributed by atoms with Gasteiger partial charge >= 0.3 is 0 Å². The van der Waals surface area contributed by atoms with Crippen molar-refractivity contribution in [1.82, 2.24) is 24.4 Å². The lowest BCUT2D eigenvalue weighted by Gasteiger charge is -2.28. The maximum atomic E-state index is 12.8. The number of rotatable bonds is 5. The molecule has 0 aromatic carbocycles. The van der Waals surface area contributed by atoms with E-state index in [0.29, 0.717) is 28.6 Å². The topological polar surface area (TPSA) is 88.2 Å². The van der Waals surface area contributed by atoms with E-state index in [0.717, 1.165) is 32.1 Å². The maximum Gasteiger partial charge on any atom is 0.280 e. The molecule has 0 saturated carbocycles. The largest absolute Gasteiger partial charge is 0.393 e. The lowest BCUT2D eigenvalue weighted by molar-refractivity contribution is 0.220. The first-order valence-electron chi connectivity index (χ1n) is 8.26. The Morgan fingerprint density at radius 3 is 2.67 bits per heavy atom. The third kappa shape index (κ3) is 3.15. The first kappa shape index (κ1) is 17.2. The normalized spacial score (nSPS) is 16.8. The number of aromatic nitrogens is 4. The van der Waals surface area contributed by atoms with Gasteiger partial charge in [0.15, 0.2) is 16.3 Å². The summed E-state index contributed by atoms with van der Waals surface area (Å²) in [6, 6.07) is 0. The van der Waals surface area contributed by atoms with Crippen LogP contribution in [0.4, 0.5) is 5.95 Å². The average Bonchev–Trinajstić information content (AvgIpc) is 2.96. The van der Waals surface area contributed by atoms with Crippen LogP contribution in [-0.2, 0) is 13.6 Å². The van der Waals surface area contributed by atoms with E-state index in [4.69, 9.17) is 0 Å². The van der Waals surface area contributed by atoms with Gasteiger partial charge in [-0.1, -0.05) is 11.8 Å². The predicted octanol–water partition coefficient (Wildman–Crippen LogP) is 0.0324. The van der Waals surface area contributed by atoms with Gasteiger partial charge in [-0.15, -0.1) is 0 Å². The molecule has 9 heteroatoms. The van der Waals surface area contributed by atoms with Gasteiger partial charge in [0, 0.05) is 45.5 Å². The lowest BCUT2D eigenvalue weighted by Crippen LogP contribution is -2.44. The standard InChI is InChI=1S/C15H24N6O2S/c1-4-21-11-12(17-14(21)20-7-5-16-6-8-20)18-15(19(3)13(11)23)24-9-10(2)22/h10,16,22H,4-9H2,1-3H3. The van der Waals surface area contributed by atoms with E-state index in [9.17, 15) is 9.90 Å². The summed E-state index contributed by atoms with van der Waals surface area (Å²) in [6.45, 7) is 7.97. The fraction of sp³-hybridized carbons (Fsp3) is 0.667. The number of anilines is 1. The molecule has 0 amide bonds. The van der Waals surface area contributed by atoms with Crippen molar-refractivity contribution in [3.8, 4) is 0 Å². The van der Waals surface area contributed by atoms with Crippen LogP contribution in [0.25, 0.3) is 11.2 Å². The van der Waals surface area contributed by atoms with E-state index in [1.807, 2.05) is 11.5 Å². The zero-order chi connectivity index (χ0) is 17.3. The number of imidazole rings is 1. The number of aliphatic hydroxyl groups excluding tert-OH is 1. The molecule has 0 aliphatic carbocycles. The summed E-state index contributed by atoms with van der Waals surface area (Å²) < 4.78 is 3.50. The van der Waals surface area contributed by atoms with E-state index in [1.54, 1.807) is 18.5 Å². The van der Waals surface area contributed by atoms with Crippen molar-refractivity contribution in [3.05, 3.63) is 10.4 Å². The number of aryl methyl sites for hydroxylation is 1. The Hall–Kier alpha value is -1.58. The van der Waals surface area contributed by atoms with Crippen LogP contribution in [0.1, 0.15) is 13.8 Å². The highest BCUT2D eigenvalue weighted by atomic mass is 32.2. The first-order chi connectivity index (χ1) is 11.5. The van der Waals surface area contributed by atoms with Gasteiger partial charge in [0.1, 0.15) is 0 Å². The SMILES string of the molecule is CCn1c(N2CCNCC2)nc2nc(SCC(C)O)n(C)c(=O)c21. The van der Waals surface area contributed by atoms with E-state index in [-0.39, 0.29) is 5.56 Å². The highest BCUT2D eigenvalue weighted by molar-refractivity contribution is 7.99. The molecule has 1 saturated heterocycles. The first-order valence-corrected chi connectivity index (χ1v) is 9.25. The molecule has 3 heterocycles. The molecule has 1 atom stereocenters. The molecule has 3 rings (SSSR count). The van der Waals surface area contributed by atoms with Crippen LogP contribution in [0.15, 0.2) is 9.95 Å². The molecule has 0 bridgehead atoms. The molecule has 2 aromatic rings. The van der Waals surface area contributed by atoms with Crippen molar-refractivity contribution in [2.45, 2.75) is 31.7 Å². The molecule has 1 fully saturated rings. The number of piperazine rings is 1. The molecular formula is C15H24N6O2S. The van der Waals surface area contributed by atoms with E-state index in [1.165, 1.54) is 11.8 Å². The van der Waals surface area contributed by atoms with E-state index in [2.05, 4.69) is 20.2 Å². The second-order valence-electron chi connectivity index (χ2n) is 5.98. The number of nitrogens with zero attached hydrogens (tertiary/aromatic N) is 5. The van der Waals surface area contributed by atoms with Crippen molar-refractivity contribution in [2.24, 2.45) is 7.05 Å². The Bertz CT molecular complexity index is 778. The van der Waals surface area contributed by atoms with Crippen LogP contribution in [0, 0.1) is 0 Å². The van der Waals surface area contributed by atoms with E-state index < -0.39 is 6.10 Å². The number of hydrogen-bond donors (Lipinski definition) is 2. The number of fused-ring (bicyclic) bond motifs is 1. The fourth-order valence-corrected chi connectivity index (χ4v) is 3.68. The Labute approximate surface area is 144 Å². The number of nitrogens with one attached hydrogen (secondary N) is 1. The number of hydrogen-bond acceptors (Lipinski definition) is 7. The van der Waals surface area contributed by atoms with Crippen molar-refractivity contribution in [3.63, 3.8) is 0 Å². The van der Waals surface area contributed by atoms with Crippen molar-refractivity contribution < 1.29 is 5.11 Å². The predicted molar refractivity (Wildman–Crippen MR) is 95.9 cm³/mol. The van der Waals surface area contributed by atoms with Gasteiger partial charge in [-0.3, -0.25) is 9.36 Å².